The van der Waals surface area contributed by atoms with Gasteiger partial charge in [-0.2, -0.15) is 0 Å². The number of halogens is 1. The van der Waals surface area contributed by atoms with E-state index in [1.807, 2.05) is 61.5 Å². The lowest BCUT2D eigenvalue weighted by Crippen LogP contribution is -2.30. The monoisotopic (exact) mass is 434 g/mol. The number of benzene rings is 2. The smallest absolute Gasteiger partial charge is 0.229 e. The van der Waals surface area contributed by atoms with Gasteiger partial charge in [-0.3, -0.25) is 9.00 Å². The Morgan fingerprint density at radius 3 is 2.48 bits per heavy atom. The van der Waals surface area contributed by atoms with Crippen LogP contribution in [0.5, 0.6) is 0 Å². The third-order valence-corrected chi connectivity index (χ3v) is 7.40. The van der Waals surface area contributed by atoms with Crippen molar-refractivity contribution in [3.8, 4) is 0 Å². The van der Waals surface area contributed by atoms with Gasteiger partial charge in [0.15, 0.2) is 0 Å². The SMILES string of the molecule is CC(C(=O)Nc1cccc(CS(=O)C2CCCCC2)c1)C(N)c1ccccc1.Cl. The molecule has 0 heterocycles. The van der Waals surface area contributed by atoms with Crippen molar-refractivity contribution >= 4 is 34.8 Å². The molecular formula is C23H31ClN2O2S. The molecule has 1 saturated carbocycles. The molecule has 4 nitrogen and oxygen atoms in total. The van der Waals surface area contributed by atoms with Crippen LogP contribution >= 0.6 is 12.4 Å². The third-order valence-electron chi connectivity index (χ3n) is 5.56. The molecule has 1 amide bonds. The molecule has 0 radical (unpaired) electrons. The standard InChI is InChI=1S/C23H30N2O2S.ClH/c1-17(22(24)19-10-4-2-5-11-19)23(26)25-20-12-8-9-18(15-20)16-28(27)21-13-6-3-7-14-21;/h2,4-5,8-12,15,17,21-22H,3,6-7,13-14,16,24H2,1H3,(H,25,26);1H. The molecule has 1 aliphatic rings. The van der Waals surface area contributed by atoms with Gasteiger partial charge in [-0.25, -0.2) is 0 Å². The Labute approximate surface area is 182 Å². The molecule has 0 saturated heterocycles. The van der Waals surface area contributed by atoms with Gasteiger partial charge in [0.25, 0.3) is 0 Å². The highest BCUT2D eigenvalue weighted by atomic mass is 35.5. The summed E-state index contributed by atoms with van der Waals surface area (Å²) in [4.78, 5) is 12.7. The average Bonchev–Trinajstić information content (AvgIpc) is 2.74. The average molecular weight is 435 g/mol. The fraction of sp³-hybridized carbons (Fsp3) is 0.435. The van der Waals surface area contributed by atoms with Gasteiger partial charge in [0, 0.05) is 33.5 Å². The molecule has 1 aliphatic carbocycles. The molecule has 3 N–H and O–H groups in total. The van der Waals surface area contributed by atoms with Gasteiger partial charge in [-0.1, -0.05) is 68.7 Å². The van der Waals surface area contributed by atoms with Crippen LogP contribution in [0.25, 0.3) is 0 Å². The minimum absolute atomic E-state index is 0. The molecule has 0 aromatic heterocycles. The zero-order chi connectivity index (χ0) is 19.9. The number of rotatable bonds is 7. The molecule has 29 heavy (non-hydrogen) atoms. The minimum Gasteiger partial charge on any atom is -0.326 e. The number of nitrogens with two attached hydrogens (primary N) is 1. The van der Waals surface area contributed by atoms with Crippen molar-refractivity contribution in [3.05, 3.63) is 65.7 Å². The second-order valence-electron chi connectivity index (χ2n) is 7.70. The Morgan fingerprint density at radius 1 is 1.10 bits per heavy atom. The summed E-state index contributed by atoms with van der Waals surface area (Å²) in [6.45, 7) is 1.84. The summed E-state index contributed by atoms with van der Waals surface area (Å²) >= 11 is 0. The quantitative estimate of drug-likeness (QED) is 0.646. The number of carbonyl (C=O) groups excluding carboxylic acids is 1. The molecule has 3 unspecified atom stereocenters. The predicted octanol–water partition coefficient (Wildman–Crippen LogP) is 4.96. The summed E-state index contributed by atoms with van der Waals surface area (Å²) in [5.74, 6) is 0.0809. The second kappa shape index (κ2) is 11.5. The van der Waals surface area contributed by atoms with Crippen LogP contribution in [0.15, 0.2) is 54.6 Å². The number of amides is 1. The van der Waals surface area contributed by atoms with Crippen molar-refractivity contribution in [2.45, 2.75) is 56.1 Å². The van der Waals surface area contributed by atoms with Gasteiger partial charge in [-0.15, -0.1) is 12.4 Å². The van der Waals surface area contributed by atoms with Crippen LogP contribution in [0.1, 0.15) is 56.2 Å². The van der Waals surface area contributed by atoms with Crippen molar-refractivity contribution in [1.29, 1.82) is 0 Å². The molecule has 0 aliphatic heterocycles. The Balaban J connectivity index is 0.00000300. The molecule has 0 spiro atoms. The van der Waals surface area contributed by atoms with Crippen LogP contribution in [-0.2, 0) is 21.3 Å². The summed E-state index contributed by atoms with van der Waals surface area (Å²) in [6, 6.07) is 17.0. The maximum atomic E-state index is 12.7. The van der Waals surface area contributed by atoms with Gasteiger partial charge in [-0.05, 0) is 36.1 Å². The molecular weight excluding hydrogens is 404 g/mol. The van der Waals surface area contributed by atoms with E-state index in [1.54, 1.807) is 0 Å². The van der Waals surface area contributed by atoms with Gasteiger partial charge in [0.2, 0.25) is 5.91 Å². The first-order chi connectivity index (χ1) is 13.5. The number of hydrogen-bond donors (Lipinski definition) is 2. The van der Waals surface area contributed by atoms with Crippen molar-refractivity contribution in [2.75, 3.05) is 5.32 Å². The minimum atomic E-state index is -0.852. The highest BCUT2D eigenvalue weighted by Crippen LogP contribution is 2.25. The van der Waals surface area contributed by atoms with E-state index in [4.69, 9.17) is 5.73 Å². The van der Waals surface area contributed by atoms with Gasteiger partial charge in [0.05, 0.1) is 5.92 Å². The summed E-state index contributed by atoms with van der Waals surface area (Å²) in [6.07, 6.45) is 5.77. The van der Waals surface area contributed by atoms with Gasteiger partial charge < -0.3 is 11.1 Å². The molecule has 2 aromatic carbocycles. The van der Waals surface area contributed by atoms with Crippen LogP contribution in [0.3, 0.4) is 0 Å². The number of carbonyl (C=O) groups is 1. The van der Waals surface area contributed by atoms with E-state index in [-0.39, 0.29) is 30.3 Å². The van der Waals surface area contributed by atoms with E-state index in [0.29, 0.717) is 11.0 Å². The van der Waals surface area contributed by atoms with Crippen LogP contribution in [0.2, 0.25) is 0 Å². The fourth-order valence-corrected chi connectivity index (χ4v) is 5.34. The maximum absolute atomic E-state index is 12.7. The van der Waals surface area contributed by atoms with Gasteiger partial charge in [0.1, 0.15) is 0 Å². The van der Waals surface area contributed by atoms with Crippen LogP contribution in [0, 0.1) is 5.92 Å². The van der Waals surface area contributed by atoms with E-state index >= 15 is 0 Å². The van der Waals surface area contributed by atoms with Gasteiger partial charge >= 0.3 is 0 Å². The first-order valence-electron chi connectivity index (χ1n) is 10.1. The maximum Gasteiger partial charge on any atom is 0.229 e. The zero-order valence-electron chi connectivity index (χ0n) is 16.9. The molecule has 158 valence electrons. The lowest BCUT2D eigenvalue weighted by molar-refractivity contribution is -0.120. The molecule has 6 heteroatoms. The normalized spacial score (nSPS) is 17.6. The first kappa shape index (κ1) is 23.6. The summed E-state index contributed by atoms with van der Waals surface area (Å²) in [7, 11) is -0.852. The van der Waals surface area contributed by atoms with Crippen molar-refractivity contribution in [2.24, 2.45) is 11.7 Å². The topological polar surface area (TPSA) is 72.2 Å². The van der Waals surface area contributed by atoms with E-state index in [2.05, 4.69) is 5.32 Å². The molecule has 1 fully saturated rings. The van der Waals surface area contributed by atoms with Crippen molar-refractivity contribution < 1.29 is 9.00 Å². The Kier molecular flexibility index (Phi) is 9.34. The van der Waals surface area contributed by atoms with Crippen LogP contribution in [0.4, 0.5) is 5.69 Å². The lowest BCUT2D eigenvalue weighted by Gasteiger charge is -2.21. The largest absolute Gasteiger partial charge is 0.326 e. The Bertz CT molecular complexity index is 810. The Hall–Kier alpha value is -1.69. The van der Waals surface area contributed by atoms with Crippen LogP contribution < -0.4 is 11.1 Å². The molecule has 2 aromatic rings. The Morgan fingerprint density at radius 2 is 1.79 bits per heavy atom. The fourth-order valence-electron chi connectivity index (χ4n) is 3.73. The zero-order valence-corrected chi connectivity index (χ0v) is 18.5. The van der Waals surface area contributed by atoms with Crippen molar-refractivity contribution in [3.63, 3.8) is 0 Å². The van der Waals surface area contributed by atoms with E-state index in [0.717, 1.165) is 29.7 Å². The first-order valence-corrected chi connectivity index (χ1v) is 11.5. The lowest BCUT2D eigenvalue weighted by atomic mass is 9.94. The summed E-state index contributed by atoms with van der Waals surface area (Å²) in [5, 5.41) is 3.28. The molecule has 0 bridgehead atoms. The van der Waals surface area contributed by atoms with E-state index in [1.165, 1.54) is 19.3 Å². The number of nitrogens with one attached hydrogen (secondary N) is 1. The summed E-state index contributed by atoms with van der Waals surface area (Å²) < 4.78 is 12.7. The highest BCUT2D eigenvalue weighted by Gasteiger charge is 2.23. The molecule has 3 rings (SSSR count). The predicted molar refractivity (Wildman–Crippen MR) is 124 cm³/mol. The number of anilines is 1. The van der Waals surface area contributed by atoms with Crippen LogP contribution in [-0.4, -0.2) is 15.4 Å². The highest BCUT2D eigenvalue weighted by molar-refractivity contribution is 7.84. The number of hydrogen-bond acceptors (Lipinski definition) is 3. The van der Waals surface area contributed by atoms with Crippen molar-refractivity contribution in [1.82, 2.24) is 0 Å². The summed E-state index contributed by atoms with van der Waals surface area (Å²) in [5.41, 5.74) is 8.95. The second-order valence-corrected chi connectivity index (χ2v) is 9.42. The molecule has 3 atom stereocenters. The van der Waals surface area contributed by atoms with E-state index in [9.17, 15) is 9.00 Å². The van der Waals surface area contributed by atoms with E-state index < -0.39 is 10.8 Å². The third kappa shape index (κ3) is 6.66.